The molecule has 3 aromatic carbocycles. The number of pyridine rings is 2. The van der Waals surface area contributed by atoms with Crippen molar-refractivity contribution < 1.29 is 22.6 Å². The van der Waals surface area contributed by atoms with Crippen LogP contribution in [0.3, 0.4) is 0 Å². The van der Waals surface area contributed by atoms with E-state index in [1.54, 1.807) is 19.2 Å². The van der Waals surface area contributed by atoms with Gasteiger partial charge in [0.15, 0.2) is 0 Å². The molecule has 3 heterocycles. The second-order valence-electron chi connectivity index (χ2n) is 16.8. The number of nitrogens with one attached hydrogen (secondary N) is 3. The number of rotatable bonds is 15. The number of nitrogens with two attached hydrogens (primary N) is 3. The molecule has 9 N–H and O–H groups in total. The van der Waals surface area contributed by atoms with E-state index < -0.39 is 11.6 Å². The Morgan fingerprint density at radius 3 is 2.25 bits per heavy atom. The van der Waals surface area contributed by atoms with Crippen LogP contribution >= 0.6 is 0 Å². The number of anilines is 7. The van der Waals surface area contributed by atoms with Crippen molar-refractivity contribution in [2.45, 2.75) is 89.6 Å². The van der Waals surface area contributed by atoms with Crippen molar-refractivity contribution in [3.63, 3.8) is 0 Å². The predicted octanol–water partition coefficient (Wildman–Crippen LogP) is 9.73. The van der Waals surface area contributed by atoms with Crippen molar-refractivity contribution in [2.75, 3.05) is 71.5 Å². The van der Waals surface area contributed by atoms with E-state index in [1.165, 1.54) is 6.07 Å². The van der Waals surface area contributed by atoms with Crippen molar-refractivity contribution >= 4 is 39.8 Å². The van der Waals surface area contributed by atoms with Gasteiger partial charge < -0.3 is 47.5 Å². The molecule has 2 aliphatic rings. The van der Waals surface area contributed by atoms with E-state index in [-0.39, 0.29) is 48.8 Å². The maximum atomic E-state index is 14.7. The number of alkyl halides is 3. The van der Waals surface area contributed by atoms with Gasteiger partial charge in [-0.05, 0) is 111 Å². The molecule has 61 heavy (non-hydrogen) atoms. The van der Waals surface area contributed by atoms with Gasteiger partial charge in [0.25, 0.3) is 0 Å². The molecule has 2 fully saturated rings. The van der Waals surface area contributed by atoms with Gasteiger partial charge in [-0.25, -0.2) is 0 Å². The van der Waals surface area contributed by atoms with E-state index in [4.69, 9.17) is 36.6 Å². The monoisotopic (exact) mass is 837 g/mol. The zero-order valence-corrected chi connectivity index (χ0v) is 35.8. The lowest BCUT2D eigenvalue weighted by atomic mass is 9.91. The number of methoxy groups -OCH3 is 1. The zero-order valence-electron chi connectivity index (χ0n) is 35.8. The Balaban J connectivity index is 1.21. The van der Waals surface area contributed by atoms with Gasteiger partial charge in [0.2, 0.25) is 0 Å². The highest BCUT2D eigenvalue weighted by atomic mass is 19.4. The number of hydrogen-bond donors (Lipinski definition) is 6. The maximum absolute atomic E-state index is 14.7. The van der Waals surface area contributed by atoms with E-state index in [9.17, 15) is 13.2 Å². The maximum Gasteiger partial charge on any atom is 0.398 e. The first kappa shape index (κ1) is 43.4. The van der Waals surface area contributed by atoms with Gasteiger partial charge in [-0.2, -0.15) is 13.2 Å². The van der Waals surface area contributed by atoms with Crippen LogP contribution in [0.25, 0.3) is 22.5 Å². The quantitative estimate of drug-likeness (QED) is 0.0557. The summed E-state index contributed by atoms with van der Waals surface area (Å²) in [4.78, 5) is 12.3. The Hall–Kier alpha value is -5.73. The molecule has 14 heteroatoms. The molecule has 0 spiro atoms. The number of hydrogen-bond acceptors (Lipinski definition) is 11. The molecule has 0 radical (unpaired) electrons. The molecule has 1 saturated carbocycles. The summed E-state index contributed by atoms with van der Waals surface area (Å²) in [6.45, 7) is 13.0. The molecule has 7 rings (SSSR count). The number of nitrogen functional groups attached to an aromatic ring is 3. The second kappa shape index (κ2) is 17.7. The summed E-state index contributed by atoms with van der Waals surface area (Å²) in [5.74, 6) is 0.314. The molecule has 1 aliphatic carbocycles. The highest BCUT2D eigenvalue weighted by molar-refractivity contribution is 5.89. The summed E-state index contributed by atoms with van der Waals surface area (Å²) < 4.78 is 55.2. The zero-order chi connectivity index (χ0) is 43.6. The van der Waals surface area contributed by atoms with Crippen molar-refractivity contribution in [2.24, 2.45) is 0 Å². The Kier molecular flexibility index (Phi) is 12.6. The largest absolute Gasteiger partial charge is 0.398 e. The van der Waals surface area contributed by atoms with Crippen molar-refractivity contribution in [1.29, 1.82) is 0 Å². The highest BCUT2D eigenvalue weighted by Gasteiger charge is 2.64. The topological polar surface area (TPSA) is 162 Å². The van der Waals surface area contributed by atoms with Crippen LogP contribution in [0.1, 0.15) is 81.9 Å². The molecule has 1 saturated heterocycles. The van der Waals surface area contributed by atoms with E-state index in [1.807, 2.05) is 62.4 Å². The SMILES string of the molecule is COC[C@H](C)Nc1cc(N2CCOC[C@@H]2C)cc(-c2cccc(CNc3cc(C4(C(F)(F)F)CC4)cc(-c4cccc([C@H](C)Nc5cc(C(C)C)ccc5N)n4)c3N)n2)c1N. The number of nitrogens with zero attached hydrogens (tertiary/aromatic N) is 3. The lowest BCUT2D eigenvalue weighted by Crippen LogP contribution is -2.43. The Morgan fingerprint density at radius 1 is 0.852 bits per heavy atom. The third-order valence-electron chi connectivity index (χ3n) is 11.9. The number of ether oxygens (including phenoxy) is 2. The standard InChI is InChI=1S/C47H58F3N9O2/c1-27(2)31-13-14-37(51)41(19-31)56-30(5)38-10-8-12-40(58-38)35-20-32(46(15-16-46)47(48,49)50)21-42(44(35)52)54-24-33-9-7-11-39(57-33)36-22-34(59-17-18-61-26-29(59)4)23-43(45(36)53)55-28(3)25-60-6/h7-14,19-23,27-30,54-56H,15-18,24-26,51-53H2,1-6H3/t28-,29-,30-/m0/s1. The summed E-state index contributed by atoms with van der Waals surface area (Å²) in [5, 5.41) is 10.3. The minimum absolute atomic E-state index is 0.000999. The minimum atomic E-state index is -4.44. The van der Waals surface area contributed by atoms with Crippen LogP contribution in [0.15, 0.2) is 78.9 Å². The first-order valence-electron chi connectivity index (χ1n) is 21.0. The molecule has 0 bridgehead atoms. The van der Waals surface area contributed by atoms with Crippen LogP contribution < -0.4 is 38.1 Å². The molecule has 324 valence electrons. The second-order valence-corrected chi connectivity index (χ2v) is 16.8. The molecule has 1 aliphatic heterocycles. The van der Waals surface area contributed by atoms with Gasteiger partial charge in [-0.15, -0.1) is 0 Å². The number of aromatic nitrogens is 2. The van der Waals surface area contributed by atoms with Gasteiger partial charge in [0, 0.05) is 42.6 Å². The predicted molar refractivity (Wildman–Crippen MR) is 242 cm³/mol. The summed E-state index contributed by atoms with van der Waals surface area (Å²) in [6.07, 6.45) is -4.44. The lowest BCUT2D eigenvalue weighted by molar-refractivity contribution is -0.160. The Bertz CT molecular complexity index is 2350. The number of benzene rings is 3. The molecule has 3 atom stereocenters. The molecular formula is C47H58F3N9O2. The molecule has 2 aromatic heterocycles. The number of morpholine rings is 1. The molecule has 0 amide bonds. The molecule has 0 unspecified atom stereocenters. The first-order chi connectivity index (χ1) is 29.1. The summed E-state index contributed by atoms with van der Waals surface area (Å²) in [5.41, 5.74) is 27.4. The van der Waals surface area contributed by atoms with Gasteiger partial charge in [0.05, 0.1) is 94.7 Å². The van der Waals surface area contributed by atoms with Crippen LogP contribution in [0.4, 0.5) is 53.0 Å². The van der Waals surface area contributed by atoms with Crippen LogP contribution in [-0.2, 0) is 21.4 Å². The van der Waals surface area contributed by atoms with Crippen LogP contribution in [-0.4, -0.2) is 61.7 Å². The van der Waals surface area contributed by atoms with Crippen molar-refractivity contribution in [1.82, 2.24) is 9.97 Å². The smallest absolute Gasteiger partial charge is 0.397 e. The highest BCUT2D eigenvalue weighted by Crippen LogP contribution is 2.60. The molecule has 11 nitrogen and oxygen atoms in total. The fourth-order valence-electron chi connectivity index (χ4n) is 8.07. The third-order valence-corrected chi connectivity index (χ3v) is 11.9. The fourth-order valence-corrected chi connectivity index (χ4v) is 8.07. The van der Waals surface area contributed by atoms with Crippen LogP contribution in [0.2, 0.25) is 0 Å². The van der Waals surface area contributed by atoms with Crippen molar-refractivity contribution in [3.05, 3.63) is 101 Å². The van der Waals surface area contributed by atoms with Crippen molar-refractivity contribution in [3.8, 4) is 22.5 Å². The van der Waals surface area contributed by atoms with Crippen LogP contribution in [0.5, 0.6) is 0 Å². The summed E-state index contributed by atoms with van der Waals surface area (Å²) in [6, 6.07) is 24.2. The molecular weight excluding hydrogens is 780 g/mol. The normalized spacial score (nSPS) is 17.2. The average molecular weight is 838 g/mol. The van der Waals surface area contributed by atoms with Gasteiger partial charge >= 0.3 is 6.18 Å². The molecule has 5 aromatic rings. The third kappa shape index (κ3) is 9.30. The Morgan fingerprint density at radius 2 is 1.56 bits per heavy atom. The number of halogens is 3. The van der Waals surface area contributed by atoms with E-state index >= 15 is 0 Å². The first-order valence-corrected chi connectivity index (χ1v) is 21.0. The van der Waals surface area contributed by atoms with Crippen LogP contribution in [0, 0.1) is 0 Å². The summed E-state index contributed by atoms with van der Waals surface area (Å²) in [7, 11) is 1.66. The van der Waals surface area contributed by atoms with E-state index in [0.29, 0.717) is 71.1 Å². The van der Waals surface area contributed by atoms with Gasteiger partial charge in [-0.3, -0.25) is 9.97 Å². The van der Waals surface area contributed by atoms with Gasteiger partial charge in [-0.1, -0.05) is 32.0 Å². The lowest BCUT2D eigenvalue weighted by Gasteiger charge is -2.36. The average Bonchev–Trinajstić information content (AvgIpc) is 4.06. The van der Waals surface area contributed by atoms with E-state index in [0.717, 1.165) is 34.7 Å². The van der Waals surface area contributed by atoms with E-state index in [2.05, 4.69) is 53.8 Å². The minimum Gasteiger partial charge on any atom is -0.397 e. The summed E-state index contributed by atoms with van der Waals surface area (Å²) >= 11 is 0. The Labute approximate surface area is 356 Å². The fraction of sp³-hybridized carbons (Fsp3) is 0.404. The van der Waals surface area contributed by atoms with Gasteiger partial charge in [0.1, 0.15) is 0 Å².